The maximum atomic E-state index is 12.5. The molecule has 8 atom stereocenters. The van der Waals surface area contributed by atoms with E-state index in [1.807, 2.05) is 0 Å². The van der Waals surface area contributed by atoms with Crippen molar-refractivity contribution in [2.45, 2.75) is 105 Å². The maximum Gasteiger partial charge on any atom is 0.133 e. The fourth-order valence-electron chi connectivity index (χ4n) is 8.66. The van der Waals surface area contributed by atoms with Crippen molar-refractivity contribution in [1.82, 2.24) is 0 Å². The molecular weight excluding hydrogens is 356 g/mol. The zero-order chi connectivity index (χ0) is 21.0. The summed E-state index contributed by atoms with van der Waals surface area (Å²) >= 11 is 0. The van der Waals surface area contributed by atoms with Gasteiger partial charge in [0.25, 0.3) is 0 Å². The summed E-state index contributed by atoms with van der Waals surface area (Å²) in [6.45, 7) is 11.8. The van der Waals surface area contributed by atoms with E-state index in [1.54, 1.807) is 5.57 Å². The van der Waals surface area contributed by atoms with Crippen LogP contribution < -0.4 is 0 Å². The Bertz CT molecular complexity index is 663. The summed E-state index contributed by atoms with van der Waals surface area (Å²) in [5.74, 6) is 4.67. The van der Waals surface area contributed by atoms with E-state index in [-0.39, 0.29) is 6.10 Å². The normalized spacial score (nSPS) is 45.2. The van der Waals surface area contributed by atoms with Gasteiger partial charge in [0.1, 0.15) is 5.78 Å². The average molecular weight is 401 g/mol. The minimum absolute atomic E-state index is 0.111. The minimum atomic E-state index is -0.111. The highest BCUT2D eigenvalue weighted by molar-refractivity contribution is 5.78. The van der Waals surface area contributed by atoms with Crippen LogP contribution in [-0.4, -0.2) is 17.0 Å². The molecule has 3 fully saturated rings. The van der Waals surface area contributed by atoms with Crippen LogP contribution in [0.25, 0.3) is 0 Å². The van der Waals surface area contributed by atoms with Crippen molar-refractivity contribution in [2.24, 2.45) is 46.3 Å². The first-order valence-corrected chi connectivity index (χ1v) is 12.5. The van der Waals surface area contributed by atoms with Gasteiger partial charge in [-0.1, -0.05) is 46.3 Å². The highest BCUT2D eigenvalue weighted by Crippen LogP contribution is 2.67. The Morgan fingerprint density at radius 2 is 1.83 bits per heavy atom. The second-order valence-electron chi connectivity index (χ2n) is 12.2. The smallest absolute Gasteiger partial charge is 0.133 e. The molecule has 0 bridgehead atoms. The topological polar surface area (TPSA) is 37.3 Å². The molecule has 164 valence electrons. The third-order valence-corrected chi connectivity index (χ3v) is 10.0. The molecule has 0 aromatic heterocycles. The number of allylic oxidation sites excluding steroid dienone is 1. The molecule has 0 aromatic rings. The third-order valence-electron chi connectivity index (χ3n) is 10.0. The van der Waals surface area contributed by atoms with Gasteiger partial charge in [-0.2, -0.15) is 0 Å². The van der Waals surface area contributed by atoms with Gasteiger partial charge in [-0.15, -0.1) is 0 Å². The summed E-state index contributed by atoms with van der Waals surface area (Å²) in [4.78, 5) is 12.5. The van der Waals surface area contributed by atoms with Crippen molar-refractivity contribution in [3.8, 4) is 0 Å². The first kappa shape index (κ1) is 21.6. The van der Waals surface area contributed by atoms with Crippen LogP contribution in [0.15, 0.2) is 11.6 Å². The van der Waals surface area contributed by atoms with E-state index in [0.29, 0.717) is 28.4 Å². The molecule has 29 heavy (non-hydrogen) atoms. The van der Waals surface area contributed by atoms with Crippen molar-refractivity contribution in [3.05, 3.63) is 11.6 Å². The number of carbonyl (C=O) groups is 1. The highest BCUT2D eigenvalue weighted by atomic mass is 16.3. The standard InChI is InChI=1S/C27H44O2/c1-17(2)14-21(29)15-18(3)23-8-9-24-22-7-6-19-16-20(28)10-12-26(19,4)25(22)11-13-27(23,24)5/h6,17-18,20,22-25,28H,7-16H2,1-5H3/t18?,20-,22+,23-,24+,25+,26+,27-/m1/s1. The molecule has 0 aliphatic heterocycles. The van der Waals surface area contributed by atoms with Crippen LogP contribution in [0.2, 0.25) is 0 Å². The van der Waals surface area contributed by atoms with Crippen LogP contribution >= 0.6 is 0 Å². The third kappa shape index (κ3) is 3.66. The molecule has 2 nitrogen and oxygen atoms in total. The Hall–Kier alpha value is -0.630. The Kier molecular flexibility index (Phi) is 5.82. The molecule has 1 N–H and O–H groups in total. The molecule has 1 unspecified atom stereocenters. The predicted octanol–water partition coefficient (Wildman–Crippen LogP) is 6.57. The number of Topliss-reactive ketones (excluding diaryl/α,β-unsaturated/α-hetero) is 1. The number of aliphatic hydroxyl groups excluding tert-OH is 1. The molecule has 0 heterocycles. The molecule has 0 saturated heterocycles. The highest BCUT2D eigenvalue weighted by Gasteiger charge is 2.59. The fourth-order valence-corrected chi connectivity index (χ4v) is 8.66. The lowest BCUT2D eigenvalue weighted by molar-refractivity contribution is -0.121. The quantitative estimate of drug-likeness (QED) is 0.530. The molecule has 4 rings (SSSR count). The fraction of sp³-hybridized carbons (Fsp3) is 0.889. The van der Waals surface area contributed by atoms with Gasteiger partial charge in [0, 0.05) is 12.8 Å². The number of aliphatic hydroxyl groups is 1. The molecule has 0 aromatic carbocycles. The lowest BCUT2D eigenvalue weighted by atomic mass is 9.47. The van der Waals surface area contributed by atoms with E-state index in [0.717, 1.165) is 49.4 Å². The van der Waals surface area contributed by atoms with E-state index in [9.17, 15) is 9.90 Å². The molecule has 0 spiro atoms. The Labute approximate surface area is 178 Å². The van der Waals surface area contributed by atoms with Crippen molar-refractivity contribution in [1.29, 1.82) is 0 Å². The van der Waals surface area contributed by atoms with Gasteiger partial charge in [0.2, 0.25) is 0 Å². The van der Waals surface area contributed by atoms with Gasteiger partial charge >= 0.3 is 0 Å². The number of hydrogen-bond acceptors (Lipinski definition) is 2. The molecule has 4 aliphatic carbocycles. The van der Waals surface area contributed by atoms with Crippen LogP contribution in [0.3, 0.4) is 0 Å². The van der Waals surface area contributed by atoms with Crippen LogP contribution in [-0.2, 0) is 4.79 Å². The van der Waals surface area contributed by atoms with Gasteiger partial charge in [0.15, 0.2) is 0 Å². The summed E-state index contributed by atoms with van der Waals surface area (Å²) in [5.41, 5.74) is 2.33. The number of hydrogen-bond donors (Lipinski definition) is 1. The molecule has 0 radical (unpaired) electrons. The van der Waals surface area contributed by atoms with Gasteiger partial charge in [0.05, 0.1) is 6.10 Å². The van der Waals surface area contributed by atoms with E-state index in [1.165, 1.54) is 38.5 Å². The second kappa shape index (κ2) is 7.81. The first-order chi connectivity index (χ1) is 13.6. The SMILES string of the molecule is CC(C)CC(=O)CC(C)[C@H]1CC[C@H]2[C@@H]3CC=C4C[C@H](O)CC[C@]4(C)[C@H]3CC[C@]12C. The van der Waals surface area contributed by atoms with Gasteiger partial charge in [-0.25, -0.2) is 0 Å². The monoisotopic (exact) mass is 400 g/mol. The molecule has 3 saturated carbocycles. The number of fused-ring (bicyclic) bond motifs is 5. The van der Waals surface area contributed by atoms with E-state index in [4.69, 9.17) is 0 Å². The Balaban J connectivity index is 1.51. The minimum Gasteiger partial charge on any atom is -0.393 e. The Morgan fingerprint density at radius 1 is 1.07 bits per heavy atom. The zero-order valence-corrected chi connectivity index (χ0v) is 19.5. The van der Waals surface area contributed by atoms with Gasteiger partial charge < -0.3 is 5.11 Å². The summed E-state index contributed by atoms with van der Waals surface area (Å²) in [5, 5.41) is 10.2. The summed E-state index contributed by atoms with van der Waals surface area (Å²) < 4.78 is 0. The van der Waals surface area contributed by atoms with Crippen molar-refractivity contribution < 1.29 is 9.90 Å². The second-order valence-corrected chi connectivity index (χ2v) is 12.2. The zero-order valence-electron chi connectivity index (χ0n) is 19.5. The lowest BCUT2D eigenvalue weighted by Crippen LogP contribution is -2.50. The van der Waals surface area contributed by atoms with Crippen molar-refractivity contribution in [3.63, 3.8) is 0 Å². The molecule has 0 amide bonds. The van der Waals surface area contributed by atoms with Crippen LogP contribution in [0.4, 0.5) is 0 Å². The number of rotatable bonds is 5. The van der Waals surface area contributed by atoms with E-state index >= 15 is 0 Å². The van der Waals surface area contributed by atoms with Crippen LogP contribution in [0, 0.1) is 46.3 Å². The number of ketones is 1. The maximum absolute atomic E-state index is 12.5. The van der Waals surface area contributed by atoms with E-state index in [2.05, 4.69) is 40.7 Å². The number of carbonyl (C=O) groups excluding carboxylic acids is 1. The van der Waals surface area contributed by atoms with Gasteiger partial charge in [-0.05, 0) is 97.7 Å². The summed E-state index contributed by atoms with van der Waals surface area (Å²) in [7, 11) is 0. The van der Waals surface area contributed by atoms with Gasteiger partial charge in [-0.3, -0.25) is 4.79 Å². The first-order valence-electron chi connectivity index (χ1n) is 12.5. The average Bonchev–Trinajstić information content (AvgIpc) is 2.99. The summed E-state index contributed by atoms with van der Waals surface area (Å²) in [6.07, 6.45) is 13.7. The van der Waals surface area contributed by atoms with Crippen LogP contribution in [0.5, 0.6) is 0 Å². The largest absolute Gasteiger partial charge is 0.393 e. The lowest BCUT2D eigenvalue weighted by Gasteiger charge is -2.58. The Morgan fingerprint density at radius 3 is 2.55 bits per heavy atom. The van der Waals surface area contributed by atoms with Crippen molar-refractivity contribution in [2.75, 3.05) is 0 Å². The van der Waals surface area contributed by atoms with Crippen molar-refractivity contribution >= 4 is 5.78 Å². The molecule has 4 aliphatic rings. The van der Waals surface area contributed by atoms with E-state index < -0.39 is 0 Å². The summed E-state index contributed by atoms with van der Waals surface area (Å²) in [6, 6.07) is 0. The van der Waals surface area contributed by atoms with Crippen LogP contribution in [0.1, 0.15) is 98.8 Å². The predicted molar refractivity (Wildman–Crippen MR) is 119 cm³/mol. The molecular formula is C27H44O2. The molecule has 2 heteroatoms.